The van der Waals surface area contributed by atoms with E-state index in [4.69, 9.17) is 9.29 Å². The molecule has 1 atom stereocenters. The largest absolute Gasteiger partial charge is 0.375 e. The Morgan fingerprint density at radius 2 is 1.82 bits per heavy atom. The van der Waals surface area contributed by atoms with E-state index in [1.54, 1.807) is 20.8 Å². The minimum atomic E-state index is -3.89. The highest BCUT2D eigenvalue weighted by Gasteiger charge is 2.13. The smallest absolute Gasteiger partial charge is 0.267 e. The molecular weight excluding hydrogens is 168 g/mol. The second-order valence-electron chi connectivity index (χ2n) is 2.74. The van der Waals surface area contributed by atoms with E-state index in [2.05, 4.69) is 0 Å². The monoisotopic (exact) mass is 182 g/mol. The molecule has 1 unspecified atom stereocenters. The number of hydrogen-bond donors (Lipinski definition) is 1. The molecule has 0 aromatic rings. The van der Waals surface area contributed by atoms with Gasteiger partial charge in [0, 0.05) is 0 Å². The van der Waals surface area contributed by atoms with E-state index in [1.807, 2.05) is 0 Å². The fourth-order valence-corrected chi connectivity index (χ4v) is 1.47. The van der Waals surface area contributed by atoms with Crippen molar-refractivity contribution in [2.75, 3.05) is 5.75 Å². The lowest BCUT2D eigenvalue weighted by Gasteiger charge is -2.13. The van der Waals surface area contributed by atoms with Crippen molar-refractivity contribution in [1.82, 2.24) is 0 Å². The third kappa shape index (κ3) is 7.77. The quantitative estimate of drug-likeness (QED) is 0.650. The molecule has 0 radical (unpaired) electrons. The second-order valence-corrected chi connectivity index (χ2v) is 4.24. The van der Waals surface area contributed by atoms with Gasteiger partial charge in [-0.25, -0.2) is 0 Å². The average molecular weight is 182 g/mol. The first kappa shape index (κ1) is 10.9. The van der Waals surface area contributed by atoms with Gasteiger partial charge in [0.25, 0.3) is 10.1 Å². The summed E-state index contributed by atoms with van der Waals surface area (Å²) in [5.74, 6) is -0.342. The molecule has 0 aliphatic heterocycles. The lowest BCUT2D eigenvalue weighted by molar-refractivity contribution is 0.0311. The zero-order valence-electron chi connectivity index (χ0n) is 6.94. The summed E-state index contributed by atoms with van der Waals surface area (Å²) in [6.07, 6.45) is -0.475. The van der Waals surface area contributed by atoms with Gasteiger partial charge in [-0.2, -0.15) is 8.42 Å². The van der Waals surface area contributed by atoms with Crippen LogP contribution in [-0.2, 0) is 14.9 Å². The minimum Gasteiger partial charge on any atom is -0.375 e. The highest BCUT2D eigenvalue weighted by Crippen LogP contribution is 1.99. The molecule has 68 valence electrons. The van der Waals surface area contributed by atoms with E-state index in [-0.39, 0.29) is 11.9 Å². The van der Waals surface area contributed by atoms with Crippen LogP contribution < -0.4 is 0 Å². The maximum Gasteiger partial charge on any atom is 0.267 e. The van der Waals surface area contributed by atoms with Gasteiger partial charge in [-0.1, -0.05) is 0 Å². The SMILES string of the molecule is CC(C)OC(C)CS(=O)(=O)O. The molecule has 0 aromatic heterocycles. The Labute approximate surface area is 67.3 Å². The Morgan fingerprint density at radius 1 is 1.36 bits per heavy atom. The predicted molar refractivity (Wildman–Crippen MR) is 42.1 cm³/mol. The van der Waals surface area contributed by atoms with Crippen LogP contribution in [0.1, 0.15) is 20.8 Å². The Balaban J connectivity index is 3.80. The lowest BCUT2D eigenvalue weighted by Crippen LogP contribution is -2.23. The van der Waals surface area contributed by atoms with Crippen LogP contribution >= 0.6 is 0 Å². The normalized spacial score (nSPS) is 15.4. The van der Waals surface area contributed by atoms with Crippen LogP contribution in [0.2, 0.25) is 0 Å². The fraction of sp³-hybridized carbons (Fsp3) is 1.00. The van der Waals surface area contributed by atoms with Gasteiger partial charge in [-0.05, 0) is 20.8 Å². The lowest BCUT2D eigenvalue weighted by atomic mass is 10.4. The van der Waals surface area contributed by atoms with Crippen LogP contribution in [-0.4, -0.2) is 30.9 Å². The molecule has 5 heteroatoms. The van der Waals surface area contributed by atoms with Crippen molar-refractivity contribution in [3.05, 3.63) is 0 Å². The molecular formula is C6H14O4S. The maximum atomic E-state index is 10.3. The van der Waals surface area contributed by atoms with Crippen LogP contribution in [0.5, 0.6) is 0 Å². The molecule has 0 spiro atoms. The highest BCUT2D eigenvalue weighted by molar-refractivity contribution is 7.85. The third-order valence-corrected chi connectivity index (χ3v) is 1.84. The Hall–Kier alpha value is -0.130. The van der Waals surface area contributed by atoms with Crippen molar-refractivity contribution >= 4 is 10.1 Å². The summed E-state index contributed by atoms with van der Waals surface area (Å²) in [4.78, 5) is 0. The minimum absolute atomic E-state index is 0.0215. The molecule has 0 heterocycles. The van der Waals surface area contributed by atoms with Crippen molar-refractivity contribution < 1.29 is 17.7 Å². The van der Waals surface area contributed by atoms with E-state index in [0.717, 1.165) is 0 Å². The molecule has 0 amide bonds. The zero-order chi connectivity index (χ0) is 9.07. The van der Waals surface area contributed by atoms with Crippen LogP contribution in [0.25, 0.3) is 0 Å². The summed E-state index contributed by atoms with van der Waals surface area (Å²) < 4.78 is 34.1. The van der Waals surface area contributed by atoms with Gasteiger partial charge in [0.1, 0.15) is 5.75 Å². The van der Waals surface area contributed by atoms with E-state index < -0.39 is 16.2 Å². The second kappa shape index (κ2) is 4.04. The van der Waals surface area contributed by atoms with Crippen molar-refractivity contribution in [3.63, 3.8) is 0 Å². The molecule has 1 N–H and O–H groups in total. The van der Waals surface area contributed by atoms with Gasteiger partial charge in [-0.3, -0.25) is 4.55 Å². The van der Waals surface area contributed by atoms with Gasteiger partial charge < -0.3 is 4.74 Å². The molecule has 0 aliphatic rings. The van der Waals surface area contributed by atoms with Crippen LogP contribution in [0.3, 0.4) is 0 Å². The van der Waals surface area contributed by atoms with Crippen LogP contribution in [0.4, 0.5) is 0 Å². The van der Waals surface area contributed by atoms with Gasteiger partial charge in [-0.15, -0.1) is 0 Å². The average Bonchev–Trinajstić information content (AvgIpc) is 1.53. The first-order valence-corrected chi connectivity index (χ1v) is 5.03. The molecule has 0 saturated carbocycles. The fourth-order valence-electron chi connectivity index (χ4n) is 0.801. The number of ether oxygens (including phenoxy) is 1. The molecule has 11 heavy (non-hydrogen) atoms. The summed E-state index contributed by atoms with van der Waals surface area (Å²) in [7, 11) is -3.89. The number of hydrogen-bond acceptors (Lipinski definition) is 3. The van der Waals surface area contributed by atoms with Crippen molar-refractivity contribution in [3.8, 4) is 0 Å². The standard InChI is InChI=1S/C6H14O4S/c1-5(2)10-6(3)4-11(7,8)9/h5-6H,4H2,1-3H3,(H,7,8,9). The van der Waals surface area contributed by atoms with Crippen molar-refractivity contribution in [2.45, 2.75) is 33.0 Å². The van der Waals surface area contributed by atoms with E-state index in [1.165, 1.54) is 0 Å². The summed E-state index contributed by atoms with van der Waals surface area (Å²) in [5.41, 5.74) is 0. The molecule has 0 aliphatic carbocycles. The molecule has 0 aromatic carbocycles. The van der Waals surface area contributed by atoms with E-state index in [0.29, 0.717) is 0 Å². The molecule has 0 saturated heterocycles. The van der Waals surface area contributed by atoms with Crippen LogP contribution in [0, 0.1) is 0 Å². The topological polar surface area (TPSA) is 63.6 Å². The van der Waals surface area contributed by atoms with E-state index in [9.17, 15) is 8.42 Å². The number of rotatable bonds is 4. The van der Waals surface area contributed by atoms with Crippen molar-refractivity contribution in [1.29, 1.82) is 0 Å². The van der Waals surface area contributed by atoms with Crippen molar-refractivity contribution in [2.24, 2.45) is 0 Å². The highest BCUT2D eigenvalue weighted by atomic mass is 32.2. The zero-order valence-corrected chi connectivity index (χ0v) is 7.76. The summed E-state index contributed by atoms with van der Waals surface area (Å²) in [6, 6.07) is 0. The van der Waals surface area contributed by atoms with Gasteiger partial charge in [0.05, 0.1) is 12.2 Å². The Morgan fingerprint density at radius 3 is 2.09 bits per heavy atom. The van der Waals surface area contributed by atoms with Crippen LogP contribution in [0.15, 0.2) is 0 Å². The van der Waals surface area contributed by atoms with Gasteiger partial charge in [0.15, 0.2) is 0 Å². The maximum absolute atomic E-state index is 10.3. The molecule has 4 nitrogen and oxygen atoms in total. The Bertz CT molecular complexity index is 195. The van der Waals surface area contributed by atoms with Gasteiger partial charge in [0.2, 0.25) is 0 Å². The first-order chi connectivity index (χ1) is 4.81. The molecule has 0 fully saturated rings. The molecule has 0 bridgehead atoms. The first-order valence-electron chi connectivity index (χ1n) is 3.42. The summed E-state index contributed by atoms with van der Waals surface area (Å²) in [6.45, 7) is 5.22. The third-order valence-electron chi connectivity index (χ3n) is 0.950. The predicted octanol–water partition coefficient (Wildman–Crippen LogP) is 0.688. The molecule has 0 rings (SSSR count). The van der Waals surface area contributed by atoms with E-state index >= 15 is 0 Å². The van der Waals surface area contributed by atoms with Gasteiger partial charge >= 0.3 is 0 Å². The Kier molecular flexibility index (Phi) is 3.99. The summed E-state index contributed by atoms with van der Waals surface area (Å²) >= 11 is 0. The summed E-state index contributed by atoms with van der Waals surface area (Å²) in [5, 5.41) is 0.